The smallest absolute Gasteiger partial charge is 0.354 e. The molecular weight excluding hydrogens is 269 g/mol. The average Bonchev–Trinajstić information content (AvgIpc) is 2.34. The fraction of sp³-hybridized carbons (Fsp3) is 0.500. The Hall–Kier alpha value is -1.56. The van der Waals surface area contributed by atoms with Crippen molar-refractivity contribution in [3.63, 3.8) is 0 Å². The quantitative estimate of drug-likeness (QED) is 0.875. The molecule has 1 unspecified atom stereocenters. The van der Waals surface area contributed by atoms with E-state index in [9.17, 15) is 18.0 Å². The van der Waals surface area contributed by atoms with Crippen LogP contribution in [0.5, 0.6) is 0 Å². The van der Waals surface area contributed by atoms with Crippen molar-refractivity contribution < 1.29 is 18.0 Å². The van der Waals surface area contributed by atoms with E-state index in [0.717, 1.165) is 11.1 Å². The summed E-state index contributed by atoms with van der Waals surface area (Å²) in [5.74, 6) is -0.668. The normalized spacial score (nSPS) is 13.3. The van der Waals surface area contributed by atoms with Crippen LogP contribution in [0.1, 0.15) is 43.4 Å². The predicted octanol–water partition coefficient (Wildman–Crippen LogP) is 2.88. The topological polar surface area (TPSA) is 55.1 Å². The maximum Gasteiger partial charge on any atom is 0.397 e. The number of amides is 1. The summed E-state index contributed by atoms with van der Waals surface area (Å²) in [6.07, 6.45) is -5.97. The lowest BCUT2D eigenvalue weighted by atomic mass is 9.99. The van der Waals surface area contributed by atoms with Crippen molar-refractivity contribution >= 4 is 5.91 Å². The van der Waals surface area contributed by atoms with Crippen molar-refractivity contribution in [2.45, 2.75) is 38.4 Å². The molecule has 0 aliphatic rings. The molecule has 1 aromatic rings. The first-order valence-corrected chi connectivity index (χ1v) is 6.38. The Morgan fingerprint density at radius 2 is 1.70 bits per heavy atom. The van der Waals surface area contributed by atoms with Crippen LogP contribution in [0.25, 0.3) is 0 Å². The van der Waals surface area contributed by atoms with Crippen LogP contribution in [0.2, 0.25) is 0 Å². The first kappa shape index (κ1) is 16.5. The molecule has 0 spiro atoms. The van der Waals surface area contributed by atoms with Crippen LogP contribution in [0.15, 0.2) is 24.3 Å². The SMILES string of the molecule is CC(C)c1ccc(C(N)CNC(=O)CC(F)(F)F)cc1. The third kappa shape index (κ3) is 5.61. The Balaban J connectivity index is 2.50. The minimum absolute atomic E-state index is 0.0179. The molecule has 0 fully saturated rings. The molecule has 3 nitrogen and oxygen atoms in total. The van der Waals surface area contributed by atoms with E-state index in [1.807, 2.05) is 24.3 Å². The van der Waals surface area contributed by atoms with Gasteiger partial charge in [0.15, 0.2) is 0 Å². The number of hydrogen-bond donors (Lipinski definition) is 2. The molecule has 0 aromatic heterocycles. The van der Waals surface area contributed by atoms with Crippen LogP contribution in [-0.4, -0.2) is 18.6 Å². The molecule has 0 saturated carbocycles. The molecule has 0 saturated heterocycles. The summed E-state index contributed by atoms with van der Waals surface area (Å²) in [5.41, 5.74) is 7.77. The highest BCUT2D eigenvalue weighted by atomic mass is 19.4. The van der Waals surface area contributed by atoms with Crippen molar-refractivity contribution in [3.05, 3.63) is 35.4 Å². The van der Waals surface area contributed by atoms with Gasteiger partial charge in [-0.15, -0.1) is 0 Å². The van der Waals surface area contributed by atoms with Crippen molar-refractivity contribution in [1.82, 2.24) is 5.32 Å². The van der Waals surface area contributed by atoms with Gasteiger partial charge in [0.25, 0.3) is 0 Å². The third-order valence-corrected chi connectivity index (χ3v) is 2.91. The Morgan fingerprint density at radius 1 is 1.20 bits per heavy atom. The van der Waals surface area contributed by atoms with E-state index in [0.29, 0.717) is 5.92 Å². The Kier molecular flexibility index (Phi) is 5.56. The van der Waals surface area contributed by atoms with Crippen LogP contribution < -0.4 is 11.1 Å². The van der Waals surface area contributed by atoms with E-state index in [-0.39, 0.29) is 6.54 Å². The van der Waals surface area contributed by atoms with Gasteiger partial charge >= 0.3 is 6.18 Å². The number of carbonyl (C=O) groups excluding carboxylic acids is 1. The zero-order valence-electron chi connectivity index (χ0n) is 11.5. The molecule has 1 aromatic carbocycles. The van der Waals surface area contributed by atoms with Gasteiger partial charge in [-0.25, -0.2) is 0 Å². The van der Waals surface area contributed by atoms with Gasteiger partial charge in [0, 0.05) is 12.6 Å². The fourth-order valence-corrected chi connectivity index (χ4v) is 1.71. The monoisotopic (exact) mass is 288 g/mol. The second-order valence-corrected chi connectivity index (χ2v) is 5.02. The number of hydrogen-bond acceptors (Lipinski definition) is 2. The molecule has 20 heavy (non-hydrogen) atoms. The minimum atomic E-state index is -4.49. The van der Waals surface area contributed by atoms with Gasteiger partial charge in [0.2, 0.25) is 5.91 Å². The first-order chi connectivity index (χ1) is 9.19. The predicted molar refractivity (Wildman–Crippen MR) is 71.1 cm³/mol. The van der Waals surface area contributed by atoms with Gasteiger partial charge in [0.1, 0.15) is 6.42 Å². The van der Waals surface area contributed by atoms with Crippen molar-refractivity contribution in [2.75, 3.05) is 6.54 Å². The molecule has 112 valence electrons. The molecule has 1 rings (SSSR count). The van der Waals surface area contributed by atoms with E-state index >= 15 is 0 Å². The number of carbonyl (C=O) groups is 1. The lowest BCUT2D eigenvalue weighted by Gasteiger charge is -2.15. The largest absolute Gasteiger partial charge is 0.397 e. The highest BCUT2D eigenvalue weighted by Gasteiger charge is 2.31. The summed E-state index contributed by atoms with van der Waals surface area (Å²) in [4.78, 5) is 11.1. The van der Waals surface area contributed by atoms with E-state index in [4.69, 9.17) is 5.73 Å². The van der Waals surface area contributed by atoms with E-state index in [2.05, 4.69) is 19.2 Å². The third-order valence-electron chi connectivity index (χ3n) is 2.91. The fourth-order valence-electron chi connectivity index (χ4n) is 1.71. The Labute approximate surface area is 116 Å². The van der Waals surface area contributed by atoms with E-state index in [1.54, 1.807) is 0 Å². The Morgan fingerprint density at radius 3 is 2.15 bits per heavy atom. The van der Waals surface area contributed by atoms with Crippen molar-refractivity contribution in [3.8, 4) is 0 Å². The number of benzene rings is 1. The molecule has 0 heterocycles. The molecule has 0 radical (unpaired) electrons. The van der Waals surface area contributed by atoms with Crippen LogP contribution >= 0.6 is 0 Å². The molecule has 3 N–H and O–H groups in total. The second kappa shape index (κ2) is 6.74. The van der Waals surface area contributed by atoms with Gasteiger partial charge in [-0.3, -0.25) is 4.79 Å². The zero-order valence-corrected chi connectivity index (χ0v) is 11.5. The van der Waals surface area contributed by atoms with E-state index in [1.165, 1.54) is 0 Å². The minimum Gasteiger partial charge on any atom is -0.354 e. The van der Waals surface area contributed by atoms with Gasteiger partial charge < -0.3 is 11.1 Å². The van der Waals surface area contributed by atoms with Crippen molar-refractivity contribution in [1.29, 1.82) is 0 Å². The number of halogens is 3. The lowest BCUT2D eigenvalue weighted by Crippen LogP contribution is -2.34. The molecule has 0 bridgehead atoms. The summed E-state index contributed by atoms with van der Waals surface area (Å²) < 4.78 is 35.9. The molecule has 1 amide bonds. The molecule has 0 aliphatic carbocycles. The summed E-state index contributed by atoms with van der Waals surface area (Å²) in [7, 11) is 0. The highest BCUT2D eigenvalue weighted by Crippen LogP contribution is 2.20. The van der Waals surface area contributed by atoms with Gasteiger partial charge in [-0.05, 0) is 17.0 Å². The molecule has 0 aliphatic heterocycles. The summed E-state index contributed by atoms with van der Waals surface area (Å²) >= 11 is 0. The second-order valence-electron chi connectivity index (χ2n) is 5.02. The average molecular weight is 288 g/mol. The highest BCUT2D eigenvalue weighted by molar-refractivity contribution is 5.76. The number of nitrogens with one attached hydrogen (secondary N) is 1. The number of nitrogens with two attached hydrogens (primary N) is 1. The molecular formula is C14H19F3N2O. The van der Waals surface area contributed by atoms with Crippen LogP contribution in [0.4, 0.5) is 13.2 Å². The first-order valence-electron chi connectivity index (χ1n) is 6.38. The maximum atomic E-state index is 12.0. The van der Waals surface area contributed by atoms with Gasteiger partial charge in [0.05, 0.1) is 0 Å². The summed E-state index contributed by atoms with van der Waals surface area (Å²) in [5, 5.41) is 2.19. The van der Waals surface area contributed by atoms with Crippen LogP contribution in [-0.2, 0) is 4.79 Å². The van der Waals surface area contributed by atoms with Crippen LogP contribution in [0.3, 0.4) is 0 Å². The Bertz CT molecular complexity index is 441. The summed E-state index contributed by atoms with van der Waals surface area (Å²) in [6, 6.07) is 6.99. The number of alkyl halides is 3. The molecule has 6 heteroatoms. The van der Waals surface area contributed by atoms with Gasteiger partial charge in [-0.1, -0.05) is 38.1 Å². The van der Waals surface area contributed by atoms with Crippen molar-refractivity contribution in [2.24, 2.45) is 5.73 Å². The van der Waals surface area contributed by atoms with Gasteiger partial charge in [-0.2, -0.15) is 13.2 Å². The summed E-state index contributed by atoms with van der Waals surface area (Å²) in [6.45, 7) is 4.11. The van der Waals surface area contributed by atoms with E-state index < -0.39 is 24.5 Å². The standard InChI is InChI=1S/C14H19F3N2O/c1-9(2)10-3-5-11(6-4-10)12(18)8-19-13(20)7-14(15,16)17/h3-6,9,12H,7-8,18H2,1-2H3,(H,19,20). The number of rotatable bonds is 5. The maximum absolute atomic E-state index is 12.0. The lowest BCUT2D eigenvalue weighted by molar-refractivity contribution is -0.153. The zero-order chi connectivity index (χ0) is 15.3. The van der Waals surface area contributed by atoms with Crippen LogP contribution in [0, 0.1) is 0 Å². The molecule has 1 atom stereocenters.